The summed E-state index contributed by atoms with van der Waals surface area (Å²) in [5.41, 5.74) is 11.9. The van der Waals surface area contributed by atoms with Crippen LogP contribution in [0.15, 0.2) is 191 Å². The smallest absolute Gasteiger partial charge is 0.136 e. The van der Waals surface area contributed by atoms with Crippen molar-refractivity contribution in [2.45, 2.75) is 5.41 Å². The Bertz CT molecular complexity index is 2950. The lowest BCUT2D eigenvalue weighted by atomic mass is 9.63. The fourth-order valence-electron chi connectivity index (χ4n) is 8.53. The zero-order chi connectivity index (χ0) is 34.2. The number of hydrogen-bond acceptors (Lipinski definition) is 3. The van der Waals surface area contributed by atoms with E-state index in [1.807, 2.05) is 24.3 Å². The topological polar surface area (TPSA) is 35.5 Å². The van der Waals surface area contributed by atoms with Crippen LogP contribution in [0.2, 0.25) is 0 Å². The van der Waals surface area contributed by atoms with E-state index in [0.29, 0.717) is 0 Å². The first-order valence-corrected chi connectivity index (χ1v) is 17.7. The second-order valence-corrected chi connectivity index (χ2v) is 13.6. The van der Waals surface area contributed by atoms with Gasteiger partial charge in [0.15, 0.2) is 0 Å². The van der Waals surface area contributed by atoms with Gasteiger partial charge in [-0.05, 0) is 81.9 Å². The van der Waals surface area contributed by atoms with E-state index in [4.69, 9.17) is 13.6 Å². The first-order chi connectivity index (χ1) is 25.8. The molecule has 3 heteroatoms. The Morgan fingerprint density at radius 2 is 0.923 bits per heavy atom. The number of benzene rings is 8. The molecule has 10 aromatic rings. The Morgan fingerprint density at radius 3 is 1.71 bits per heavy atom. The van der Waals surface area contributed by atoms with Crippen LogP contribution in [0, 0.1) is 0 Å². The second-order valence-electron chi connectivity index (χ2n) is 13.6. The Morgan fingerprint density at radius 1 is 0.346 bits per heavy atom. The van der Waals surface area contributed by atoms with E-state index in [0.717, 1.165) is 88.8 Å². The summed E-state index contributed by atoms with van der Waals surface area (Å²) >= 11 is 0. The molecule has 0 saturated carbocycles. The summed E-state index contributed by atoms with van der Waals surface area (Å²) in [6.07, 6.45) is 0. The van der Waals surface area contributed by atoms with Crippen LogP contribution in [0.4, 0.5) is 0 Å². The van der Waals surface area contributed by atoms with E-state index in [1.54, 1.807) is 0 Å². The first kappa shape index (κ1) is 28.9. The van der Waals surface area contributed by atoms with Crippen molar-refractivity contribution in [1.29, 1.82) is 0 Å². The molecule has 52 heavy (non-hydrogen) atoms. The summed E-state index contributed by atoms with van der Waals surface area (Å²) in [5.74, 6) is 1.71. The minimum atomic E-state index is -0.543. The third-order valence-corrected chi connectivity index (χ3v) is 10.8. The zero-order valence-electron chi connectivity index (χ0n) is 28.0. The molecule has 0 atom stereocenters. The van der Waals surface area contributed by atoms with Crippen LogP contribution >= 0.6 is 0 Å². The number of hydrogen-bond donors (Lipinski definition) is 0. The number of para-hydroxylation sites is 2. The maximum absolute atomic E-state index is 6.75. The van der Waals surface area contributed by atoms with Crippen molar-refractivity contribution < 1.29 is 13.6 Å². The van der Waals surface area contributed by atoms with Crippen molar-refractivity contribution in [1.82, 2.24) is 0 Å². The predicted octanol–water partition coefficient (Wildman–Crippen LogP) is 13.3. The molecule has 1 aliphatic rings. The van der Waals surface area contributed by atoms with Gasteiger partial charge >= 0.3 is 0 Å². The van der Waals surface area contributed by atoms with Gasteiger partial charge in [-0.1, -0.05) is 133 Å². The Hall–Kier alpha value is -6.84. The van der Waals surface area contributed by atoms with Gasteiger partial charge in [0.2, 0.25) is 0 Å². The molecular formula is C49H30O3. The Balaban J connectivity index is 1.04. The molecule has 244 valence electrons. The average molecular weight is 667 g/mol. The van der Waals surface area contributed by atoms with E-state index in [2.05, 4.69) is 158 Å². The SMILES string of the molecule is c1ccc(C2(c3ccccc3)c3ccccc3Oc3cc(-c4ccc5c(c4)oc4cc(-c6cccc7oc8ccccc8c67)ccc45)ccc32)cc1. The van der Waals surface area contributed by atoms with Crippen LogP contribution in [-0.4, -0.2) is 0 Å². The van der Waals surface area contributed by atoms with Crippen molar-refractivity contribution >= 4 is 43.9 Å². The molecule has 0 unspecified atom stereocenters. The summed E-state index contributed by atoms with van der Waals surface area (Å²) in [4.78, 5) is 0. The monoisotopic (exact) mass is 666 g/mol. The molecule has 0 fully saturated rings. The van der Waals surface area contributed by atoms with Gasteiger partial charge in [-0.3, -0.25) is 0 Å². The maximum Gasteiger partial charge on any atom is 0.136 e. The molecule has 0 amide bonds. The molecule has 0 N–H and O–H groups in total. The van der Waals surface area contributed by atoms with Crippen LogP contribution < -0.4 is 4.74 Å². The van der Waals surface area contributed by atoms with E-state index in [9.17, 15) is 0 Å². The normalized spacial score (nSPS) is 13.3. The lowest BCUT2D eigenvalue weighted by Crippen LogP contribution is -2.34. The Labute approximate surface area is 300 Å². The summed E-state index contributed by atoms with van der Waals surface area (Å²) in [6.45, 7) is 0. The largest absolute Gasteiger partial charge is 0.457 e. The third-order valence-electron chi connectivity index (χ3n) is 10.8. The standard InChI is InChI=1S/C49H30O3/c1-3-12-34(13-4-1)49(35-14-5-2-6-15-35)40-18-8-10-20-43(40)51-47-29-32(24-27-41(47)49)31-22-25-37-38-26-23-33(30-46(38)52-45(37)28-31)36-17-11-21-44-48(36)39-16-7-9-19-42(39)50-44/h1-30H. The molecule has 8 aromatic carbocycles. The lowest BCUT2D eigenvalue weighted by Gasteiger charge is -2.41. The highest BCUT2D eigenvalue weighted by molar-refractivity contribution is 6.13. The van der Waals surface area contributed by atoms with Gasteiger partial charge in [-0.2, -0.15) is 0 Å². The van der Waals surface area contributed by atoms with Crippen molar-refractivity contribution in [3.05, 3.63) is 204 Å². The Kier molecular flexibility index (Phi) is 6.17. The molecule has 3 nitrogen and oxygen atoms in total. The average Bonchev–Trinajstić information content (AvgIpc) is 3.78. The second kappa shape index (κ2) is 11.1. The van der Waals surface area contributed by atoms with Gasteiger partial charge in [0, 0.05) is 32.7 Å². The lowest BCUT2D eigenvalue weighted by molar-refractivity contribution is 0.435. The van der Waals surface area contributed by atoms with Crippen LogP contribution in [0.5, 0.6) is 11.5 Å². The third kappa shape index (κ3) is 4.14. The van der Waals surface area contributed by atoms with Crippen molar-refractivity contribution in [2.75, 3.05) is 0 Å². The molecule has 11 rings (SSSR count). The van der Waals surface area contributed by atoms with Crippen molar-refractivity contribution in [3.8, 4) is 33.8 Å². The van der Waals surface area contributed by atoms with E-state index in [1.165, 1.54) is 11.1 Å². The number of furan rings is 2. The summed E-state index contributed by atoms with van der Waals surface area (Å²) < 4.78 is 19.5. The van der Waals surface area contributed by atoms with Crippen molar-refractivity contribution in [3.63, 3.8) is 0 Å². The highest BCUT2D eigenvalue weighted by atomic mass is 16.5. The molecule has 0 spiro atoms. The molecule has 1 aliphatic heterocycles. The molecule has 0 radical (unpaired) electrons. The maximum atomic E-state index is 6.75. The van der Waals surface area contributed by atoms with Gasteiger partial charge < -0.3 is 13.6 Å². The summed E-state index contributed by atoms with van der Waals surface area (Å²) in [5, 5.41) is 4.42. The summed E-state index contributed by atoms with van der Waals surface area (Å²) in [7, 11) is 0. The van der Waals surface area contributed by atoms with E-state index in [-0.39, 0.29) is 0 Å². The summed E-state index contributed by atoms with van der Waals surface area (Å²) in [6, 6.07) is 64.1. The number of ether oxygens (including phenoxy) is 1. The first-order valence-electron chi connectivity index (χ1n) is 17.7. The van der Waals surface area contributed by atoms with E-state index >= 15 is 0 Å². The minimum absolute atomic E-state index is 0.543. The van der Waals surface area contributed by atoms with Crippen LogP contribution in [0.1, 0.15) is 22.3 Å². The molecule has 2 aromatic heterocycles. The fourth-order valence-corrected chi connectivity index (χ4v) is 8.53. The van der Waals surface area contributed by atoms with Gasteiger partial charge in [-0.15, -0.1) is 0 Å². The van der Waals surface area contributed by atoms with E-state index < -0.39 is 5.41 Å². The van der Waals surface area contributed by atoms with Crippen molar-refractivity contribution in [2.24, 2.45) is 0 Å². The van der Waals surface area contributed by atoms with Gasteiger partial charge in [0.25, 0.3) is 0 Å². The molecule has 0 saturated heterocycles. The highest BCUT2D eigenvalue weighted by Crippen LogP contribution is 2.55. The molecule has 0 bridgehead atoms. The van der Waals surface area contributed by atoms with Crippen LogP contribution in [0.25, 0.3) is 66.1 Å². The fraction of sp³-hybridized carbons (Fsp3) is 0.0204. The quantitative estimate of drug-likeness (QED) is 0.188. The van der Waals surface area contributed by atoms with Crippen LogP contribution in [-0.2, 0) is 5.41 Å². The van der Waals surface area contributed by atoms with Gasteiger partial charge in [0.1, 0.15) is 33.8 Å². The van der Waals surface area contributed by atoms with Crippen LogP contribution in [0.3, 0.4) is 0 Å². The zero-order valence-corrected chi connectivity index (χ0v) is 28.0. The predicted molar refractivity (Wildman–Crippen MR) is 210 cm³/mol. The molecular weight excluding hydrogens is 637 g/mol. The number of rotatable bonds is 4. The minimum Gasteiger partial charge on any atom is -0.457 e. The van der Waals surface area contributed by atoms with Gasteiger partial charge in [0.05, 0.1) is 5.41 Å². The highest BCUT2D eigenvalue weighted by Gasteiger charge is 2.45. The number of fused-ring (bicyclic) bond motifs is 8. The molecule has 3 heterocycles. The van der Waals surface area contributed by atoms with Gasteiger partial charge in [-0.25, -0.2) is 0 Å². The molecule has 0 aliphatic carbocycles.